The van der Waals surface area contributed by atoms with Gasteiger partial charge in [0.1, 0.15) is 17.5 Å². The summed E-state index contributed by atoms with van der Waals surface area (Å²) in [6.07, 6.45) is 0. The smallest absolute Gasteiger partial charge is 0.195 e. The third-order valence-corrected chi connectivity index (χ3v) is 10.7. The number of allylic oxidation sites excluding steroid dienone is 8. The van der Waals surface area contributed by atoms with Gasteiger partial charge in [-0.15, -0.1) is 0 Å². The van der Waals surface area contributed by atoms with Gasteiger partial charge in [0.25, 0.3) is 0 Å². The summed E-state index contributed by atoms with van der Waals surface area (Å²) in [6.45, 7) is 2.00. The molecule has 0 bridgehead atoms. The predicted octanol–water partition coefficient (Wildman–Crippen LogP) is 12.6. The quantitative estimate of drug-likeness (QED) is 0.155. The van der Waals surface area contributed by atoms with Crippen molar-refractivity contribution in [3.8, 4) is 0 Å². The Morgan fingerprint density at radius 3 is 0.741 bits per heavy atom. The maximum Gasteiger partial charge on any atom is 0.195 e. The molecule has 0 spiro atoms. The Kier molecular flexibility index (Phi) is 9.35. The van der Waals surface area contributed by atoms with Crippen molar-refractivity contribution in [2.75, 3.05) is 0 Å². The molecule has 0 saturated carbocycles. The number of halogens is 3. The second-order valence-corrected chi connectivity index (χ2v) is 14.4. The van der Waals surface area contributed by atoms with E-state index < -0.39 is 17.5 Å². The number of hydrogen-bond acceptors (Lipinski definition) is 2. The van der Waals surface area contributed by atoms with Gasteiger partial charge >= 0.3 is 0 Å². The molecule has 0 heterocycles. The summed E-state index contributed by atoms with van der Waals surface area (Å²) in [6, 6.07) is 52.7. The van der Waals surface area contributed by atoms with Crippen LogP contribution in [0.2, 0.25) is 0 Å². The molecule has 0 unspecified atom stereocenters. The third kappa shape index (κ3) is 6.47. The standard InChI is InChI=1S/C53H33F3O2/c1-32-12-14-37(15-13-32)48-44(33-8-4-2-5-9-33)46(50(52(48)57)39-22-28-42(55)29-23-39)35-16-18-36(19-17-35)47-45(34-10-6-3-7-11-34)49(38-20-26-41(54)27-21-38)53(58)51(47)40-24-30-43(56)31-25-40/h2-31H,1H3. The van der Waals surface area contributed by atoms with Crippen LogP contribution in [0.4, 0.5) is 13.2 Å². The Morgan fingerprint density at radius 2 is 0.466 bits per heavy atom. The fourth-order valence-electron chi connectivity index (χ4n) is 8.04. The number of rotatable bonds is 8. The molecule has 9 rings (SSSR count). The van der Waals surface area contributed by atoms with Crippen molar-refractivity contribution in [2.45, 2.75) is 6.92 Å². The van der Waals surface area contributed by atoms with Crippen LogP contribution in [0.5, 0.6) is 0 Å². The summed E-state index contributed by atoms with van der Waals surface area (Å²) in [5.41, 5.74) is 11.2. The highest BCUT2D eigenvalue weighted by molar-refractivity contribution is 6.60. The lowest BCUT2D eigenvalue weighted by molar-refractivity contribution is -0.109. The van der Waals surface area contributed by atoms with Gasteiger partial charge in [0, 0.05) is 44.6 Å². The third-order valence-electron chi connectivity index (χ3n) is 10.7. The highest BCUT2D eigenvalue weighted by Gasteiger charge is 2.37. The van der Waals surface area contributed by atoms with Gasteiger partial charge < -0.3 is 0 Å². The Labute approximate surface area is 334 Å². The lowest BCUT2D eigenvalue weighted by Crippen LogP contribution is -2.02. The summed E-state index contributed by atoms with van der Waals surface area (Å²) in [7, 11) is 0. The van der Waals surface area contributed by atoms with E-state index in [0.29, 0.717) is 61.3 Å². The molecule has 0 atom stereocenters. The molecule has 0 fully saturated rings. The molecule has 2 aliphatic carbocycles. The van der Waals surface area contributed by atoms with Crippen LogP contribution in [-0.2, 0) is 9.59 Å². The molecule has 5 heteroatoms. The van der Waals surface area contributed by atoms with Crippen LogP contribution >= 0.6 is 0 Å². The largest absolute Gasteiger partial charge is 0.289 e. The zero-order chi connectivity index (χ0) is 39.9. The van der Waals surface area contributed by atoms with Crippen molar-refractivity contribution in [3.05, 3.63) is 250 Å². The minimum absolute atomic E-state index is 0.172. The van der Waals surface area contributed by atoms with Crippen molar-refractivity contribution in [2.24, 2.45) is 0 Å². The van der Waals surface area contributed by atoms with Gasteiger partial charge in [0.15, 0.2) is 11.6 Å². The van der Waals surface area contributed by atoms with Crippen LogP contribution in [0, 0.1) is 24.4 Å². The average molecular weight is 759 g/mol. The van der Waals surface area contributed by atoms with Crippen LogP contribution in [0.25, 0.3) is 44.6 Å². The van der Waals surface area contributed by atoms with Gasteiger partial charge in [0.05, 0.1) is 0 Å². The Hall–Kier alpha value is -7.37. The van der Waals surface area contributed by atoms with Crippen molar-refractivity contribution in [1.82, 2.24) is 0 Å². The number of Topliss-reactive ketones (excluding diaryl/α,β-unsaturated/α-hetero) is 2. The summed E-state index contributed by atoms with van der Waals surface area (Å²) < 4.78 is 42.9. The second kappa shape index (κ2) is 14.9. The molecule has 0 saturated heterocycles. The zero-order valence-corrected chi connectivity index (χ0v) is 31.3. The van der Waals surface area contributed by atoms with E-state index in [1.54, 1.807) is 36.4 Å². The van der Waals surface area contributed by atoms with Gasteiger partial charge in [0.2, 0.25) is 0 Å². The molecule has 0 aliphatic heterocycles. The molecule has 0 N–H and O–H groups in total. The number of hydrogen-bond donors (Lipinski definition) is 0. The molecule has 58 heavy (non-hydrogen) atoms. The predicted molar refractivity (Wildman–Crippen MR) is 227 cm³/mol. The summed E-state index contributed by atoms with van der Waals surface area (Å²) in [5.74, 6) is -1.70. The zero-order valence-electron chi connectivity index (χ0n) is 31.3. The maximum atomic E-state index is 14.9. The Morgan fingerprint density at radius 1 is 0.259 bits per heavy atom. The highest BCUT2D eigenvalue weighted by atomic mass is 19.1. The number of benzene rings is 7. The lowest BCUT2D eigenvalue weighted by atomic mass is 9.86. The SMILES string of the molecule is Cc1ccc(C2=C(c3ccccc3)C(c3ccc(C4=C(c5ccc(F)cc5)C(=O)C(c5ccc(F)cc5)=C4c4ccccc4)cc3)=C(c3ccc(F)cc3)C2=O)cc1. The number of aryl methyl sites for hydroxylation is 1. The van der Waals surface area contributed by atoms with Crippen molar-refractivity contribution >= 4 is 56.2 Å². The van der Waals surface area contributed by atoms with Crippen LogP contribution in [-0.4, -0.2) is 11.6 Å². The van der Waals surface area contributed by atoms with Crippen LogP contribution in [0.15, 0.2) is 182 Å². The lowest BCUT2D eigenvalue weighted by Gasteiger charge is -2.16. The van der Waals surface area contributed by atoms with E-state index in [1.165, 1.54) is 36.4 Å². The molecule has 2 nitrogen and oxygen atoms in total. The molecule has 7 aromatic carbocycles. The molecule has 0 amide bonds. The molecule has 0 aromatic heterocycles. The normalized spacial score (nSPS) is 14.3. The summed E-state index contributed by atoms with van der Waals surface area (Å²) in [5, 5.41) is 0. The van der Waals surface area contributed by atoms with E-state index in [4.69, 9.17) is 0 Å². The Balaban J connectivity index is 1.30. The number of carbonyl (C=O) groups excluding carboxylic acids is 2. The van der Waals surface area contributed by atoms with Crippen LogP contribution in [0.3, 0.4) is 0 Å². The van der Waals surface area contributed by atoms with Gasteiger partial charge in [-0.1, -0.05) is 151 Å². The molecule has 2 aliphatic rings. The van der Waals surface area contributed by atoms with Gasteiger partial charge in [-0.05, 0) is 87.8 Å². The summed E-state index contributed by atoms with van der Waals surface area (Å²) >= 11 is 0. The van der Waals surface area contributed by atoms with E-state index >= 15 is 0 Å². The van der Waals surface area contributed by atoms with E-state index in [2.05, 4.69) is 0 Å². The monoisotopic (exact) mass is 758 g/mol. The first-order valence-corrected chi connectivity index (χ1v) is 18.9. The van der Waals surface area contributed by atoms with Crippen molar-refractivity contribution < 1.29 is 22.8 Å². The fourth-order valence-corrected chi connectivity index (χ4v) is 8.04. The molecule has 278 valence electrons. The van der Waals surface area contributed by atoms with Crippen LogP contribution in [0.1, 0.15) is 50.1 Å². The first-order chi connectivity index (χ1) is 28.3. The van der Waals surface area contributed by atoms with Gasteiger partial charge in [-0.25, -0.2) is 13.2 Å². The first kappa shape index (κ1) is 36.3. The number of ketones is 2. The summed E-state index contributed by atoms with van der Waals surface area (Å²) in [4.78, 5) is 29.7. The highest BCUT2D eigenvalue weighted by Crippen LogP contribution is 2.52. The fraction of sp³-hybridized carbons (Fsp3) is 0.0189. The van der Waals surface area contributed by atoms with Gasteiger partial charge in [-0.2, -0.15) is 0 Å². The van der Waals surface area contributed by atoms with Crippen molar-refractivity contribution in [3.63, 3.8) is 0 Å². The topological polar surface area (TPSA) is 34.1 Å². The minimum Gasteiger partial charge on any atom is -0.289 e. The average Bonchev–Trinajstić information content (AvgIpc) is 3.73. The van der Waals surface area contributed by atoms with E-state index in [9.17, 15) is 22.8 Å². The van der Waals surface area contributed by atoms with E-state index in [0.717, 1.165) is 33.4 Å². The van der Waals surface area contributed by atoms with E-state index in [1.807, 2.05) is 116 Å². The number of carbonyl (C=O) groups is 2. The molecule has 0 radical (unpaired) electrons. The molecular weight excluding hydrogens is 726 g/mol. The second-order valence-electron chi connectivity index (χ2n) is 14.4. The van der Waals surface area contributed by atoms with Crippen molar-refractivity contribution in [1.29, 1.82) is 0 Å². The minimum atomic E-state index is -0.431. The maximum absolute atomic E-state index is 14.9. The first-order valence-electron chi connectivity index (χ1n) is 18.9. The van der Waals surface area contributed by atoms with E-state index in [-0.39, 0.29) is 11.6 Å². The molecule has 7 aromatic rings. The van der Waals surface area contributed by atoms with Gasteiger partial charge in [-0.3, -0.25) is 9.59 Å². The Bertz CT molecular complexity index is 2660. The van der Waals surface area contributed by atoms with Crippen LogP contribution < -0.4 is 0 Å². The molecular formula is C53H33F3O2.